The Kier molecular flexibility index (Phi) is 49.1. The molecular weight excluding hydrogens is 842 g/mol. The van der Waals surface area contributed by atoms with E-state index in [1.807, 2.05) is 21.1 Å². The Labute approximate surface area is 410 Å². The number of hydrogen-bond donors (Lipinski definition) is 1. The van der Waals surface area contributed by atoms with Gasteiger partial charge in [-0.15, -0.1) is 0 Å². The van der Waals surface area contributed by atoms with Crippen molar-refractivity contribution >= 4 is 13.8 Å². The molecule has 2 unspecified atom stereocenters. The van der Waals surface area contributed by atoms with Crippen molar-refractivity contribution in [2.24, 2.45) is 0 Å². The van der Waals surface area contributed by atoms with Gasteiger partial charge < -0.3 is 18.9 Å². The van der Waals surface area contributed by atoms with Gasteiger partial charge in [0.25, 0.3) is 0 Å². The molecule has 8 nitrogen and oxygen atoms in total. The SMILES string of the molecule is CCCCCCC/C=C\C/C=C\C/C=C\CCCCCCCCCOCC(COP(=O)(O)OCC[N+](C)(C)C)OC(=O)CCCCCCCCCCCCCCCCCCCCCCCC. The number of quaternary nitrogens is 1. The predicted molar refractivity (Wildman–Crippen MR) is 284 cm³/mol. The zero-order valence-electron chi connectivity index (χ0n) is 44.4. The number of esters is 1. The molecule has 0 amide bonds. The fraction of sp³-hybridized carbons (Fsp3) is 0.877. The molecule has 0 aliphatic heterocycles. The average molecular weight is 953 g/mol. The van der Waals surface area contributed by atoms with Crippen LogP contribution < -0.4 is 0 Å². The van der Waals surface area contributed by atoms with Gasteiger partial charge >= 0.3 is 13.8 Å². The lowest BCUT2D eigenvalue weighted by Crippen LogP contribution is -2.37. The first-order valence-electron chi connectivity index (χ1n) is 28.2. The van der Waals surface area contributed by atoms with E-state index in [0.717, 1.165) is 51.4 Å². The van der Waals surface area contributed by atoms with Crippen molar-refractivity contribution in [1.82, 2.24) is 0 Å². The summed E-state index contributed by atoms with van der Waals surface area (Å²) < 4.78 is 35.2. The number of phosphoric acid groups is 1. The number of nitrogens with zero attached hydrogens (tertiary/aromatic N) is 1. The summed E-state index contributed by atoms with van der Waals surface area (Å²) in [6.07, 6.45) is 62.0. The van der Waals surface area contributed by atoms with E-state index in [2.05, 4.69) is 50.3 Å². The van der Waals surface area contributed by atoms with Crippen molar-refractivity contribution < 1.29 is 37.3 Å². The minimum absolute atomic E-state index is 0.0877. The molecule has 0 radical (unpaired) electrons. The van der Waals surface area contributed by atoms with Gasteiger partial charge in [0.05, 0.1) is 34.4 Å². The normalized spacial score (nSPS) is 13.7. The predicted octanol–water partition coefficient (Wildman–Crippen LogP) is 17.7. The van der Waals surface area contributed by atoms with Crippen LogP contribution in [-0.2, 0) is 27.9 Å². The molecule has 0 rings (SSSR count). The summed E-state index contributed by atoms with van der Waals surface area (Å²) in [5.74, 6) is -0.312. The quantitative estimate of drug-likeness (QED) is 0.0213. The monoisotopic (exact) mass is 953 g/mol. The molecule has 0 aliphatic rings. The molecule has 0 heterocycles. The summed E-state index contributed by atoms with van der Waals surface area (Å²) in [5, 5.41) is 0. The van der Waals surface area contributed by atoms with E-state index in [9.17, 15) is 14.3 Å². The van der Waals surface area contributed by atoms with Gasteiger partial charge in [0, 0.05) is 13.0 Å². The second-order valence-corrected chi connectivity index (χ2v) is 21.8. The average Bonchev–Trinajstić information content (AvgIpc) is 3.28. The molecule has 9 heteroatoms. The smallest absolute Gasteiger partial charge is 0.457 e. The number of rotatable bonds is 53. The number of ether oxygens (including phenoxy) is 2. The largest absolute Gasteiger partial charge is 0.472 e. The Balaban J connectivity index is 4.09. The second-order valence-electron chi connectivity index (χ2n) is 20.3. The highest BCUT2D eigenvalue weighted by atomic mass is 31.2. The number of phosphoric ester groups is 1. The van der Waals surface area contributed by atoms with Gasteiger partial charge in [-0.2, -0.15) is 0 Å². The molecule has 1 N–H and O–H groups in total. The highest BCUT2D eigenvalue weighted by molar-refractivity contribution is 7.47. The molecular formula is C57H111NO7P+. The topological polar surface area (TPSA) is 91.3 Å². The Morgan fingerprint density at radius 3 is 1.24 bits per heavy atom. The molecule has 66 heavy (non-hydrogen) atoms. The van der Waals surface area contributed by atoms with Crippen molar-refractivity contribution in [2.75, 3.05) is 54.1 Å². The molecule has 0 aromatic heterocycles. The number of carbonyl (C=O) groups is 1. The maximum atomic E-state index is 12.8. The second kappa shape index (κ2) is 50.1. The maximum Gasteiger partial charge on any atom is 0.472 e. The van der Waals surface area contributed by atoms with Crippen molar-refractivity contribution in [3.05, 3.63) is 36.5 Å². The van der Waals surface area contributed by atoms with Gasteiger partial charge in [0.1, 0.15) is 19.3 Å². The van der Waals surface area contributed by atoms with Crippen molar-refractivity contribution in [2.45, 2.75) is 270 Å². The first kappa shape index (κ1) is 64.7. The third kappa shape index (κ3) is 53.7. The van der Waals surface area contributed by atoms with Crippen LogP contribution in [0, 0.1) is 0 Å². The third-order valence-corrected chi connectivity index (χ3v) is 13.4. The van der Waals surface area contributed by atoms with Crippen LogP contribution in [0.1, 0.15) is 264 Å². The lowest BCUT2D eigenvalue weighted by atomic mass is 10.0. The van der Waals surface area contributed by atoms with Gasteiger partial charge in [-0.25, -0.2) is 4.57 Å². The summed E-state index contributed by atoms with van der Waals surface area (Å²) in [7, 11) is 1.67. The van der Waals surface area contributed by atoms with Crippen LogP contribution in [0.5, 0.6) is 0 Å². The Morgan fingerprint density at radius 1 is 0.470 bits per heavy atom. The molecule has 0 saturated heterocycles. The van der Waals surface area contributed by atoms with Crippen LogP contribution in [0.15, 0.2) is 36.5 Å². The number of carbonyl (C=O) groups excluding carboxylic acids is 1. The fourth-order valence-corrected chi connectivity index (χ4v) is 8.83. The summed E-state index contributed by atoms with van der Waals surface area (Å²) in [6, 6.07) is 0. The van der Waals surface area contributed by atoms with E-state index in [4.69, 9.17) is 18.5 Å². The fourth-order valence-electron chi connectivity index (χ4n) is 8.09. The number of unbranched alkanes of at least 4 members (excludes halogenated alkanes) is 33. The van der Waals surface area contributed by atoms with Crippen LogP contribution in [0.3, 0.4) is 0 Å². The summed E-state index contributed by atoms with van der Waals surface area (Å²) in [5.41, 5.74) is 0. The highest BCUT2D eigenvalue weighted by Crippen LogP contribution is 2.43. The van der Waals surface area contributed by atoms with Crippen LogP contribution in [0.2, 0.25) is 0 Å². The van der Waals surface area contributed by atoms with E-state index < -0.39 is 13.9 Å². The van der Waals surface area contributed by atoms with Gasteiger partial charge in [0.15, 0.2) is 0 Å². The van der Waals surface area contributed by atoms with Crippen molar-refractivity contribution in [3.63, 3.8) is 0 Å². The summed E-state index contributed by atoms with van der Waals surface area (Å²) in [4.78, 5) is 23.1. The molecule has 0 saturated carbocycles. The van der Waals surface area contributed by atoms with Crippen LogP contribution in [0.25, 0.3) is 0 Å². The van der Waals surface area contributed by atoms with E-state index in [-0.39, 0.29) is 25.8 Å². The molecule has 0 aliphatic carbocycles. The molecule has 2 atom stereocenters. The molecule has 0 spiro atoms. The van der Waals surface area contributed by atoms with E-state index in [1.165, 1.54) is 193 Å². The maximum absolute atomic E-state index is 12.8. The minimum Gasteiger partial charge on any atom is -0.457 e. The van der Waals surface area contributed by atoms with Gasteiger partial charge in [0.2, 0.25) is 0 Å². The molecule has 0 fully saturated rings. The third-order valence-electron chi connectivity index (χ3n) is 12.5. The first-order chi connectivity index (χ1) is 32.1. The van der Waals surface area contributed by atoms with Gasteiger partial charge in [-0.3, -0.25) is 13.8 Å². The highest BCUT2D eigenvalue weighted by Gasteiger charge is 2.26. The number of likely N-dealkylation sites (N-methyl/N-ethyl adjacent to an activating group) is 1. The van der Waals surface area contributed by atoms with Crippen LogP contribution in [0.4, 0.5) is 0 Å². The first-order valence-corrected chi connectivity index (χ1v) is 29.7. The van der Waals surface area contributed by atoms with Gasteiger partial charge in [-0.05, 0) is 51.4 Å². The standard InChI is InChI=1S/C57H110NO7P/c1-6-8-10-12-14-16-18-20-22-24-26-28-30-32-34-36-38-40-42-44-46-48-50-57(59)65-56(55-64-66(60,61)63-53-51-58(3,4)5)54-62-52-49-47-45-43-41-39-37-35-33-31-29-27-25-23-21-19-17-15-13-11-9-7-2/h19,21,25,27,31,33,56H,6-18,20,22-24,26,28-30,32,34-55H2,1-5H3/p+1/b21-19-,27-25-,33-31-. The zero-order chi connectivity index (χ0) is 48.3. The number of allylic oxidation sites excluding steroid dienone is 6. The van der Waals surface area contributed by atoms with E-state index >= 15 is 0 Å². The lowest BCUT2D eigenvalue weighted by Gasteiger charge is -2.24. The summed E-state index contributed by atoms with van der Waals surface area (Å²) in [6.45, 7) is 5.64. The van der Waals surface area contributed by atoms with Crippen LogP contribution >= 0.6 is 7.82 Å². The number of hydrogen-bond acceptors (Lipinski definition) is 6. The Morgan fingerprint density at radius 2 is 0.833 bits per heavy atom. The molecule has 390 valence electrons. The zero-order valence-corrected chi connectivity index (χ0v) is 45.3. The van der Waals surface area contributed by atoms with Crippen molar-refractivity contribution in [1.29, 1.82) is 0 Å². The van der Waals surface area contributed by atoms with Gasteiger partial charge in [-0.1, -0.05) is 243 Å². The van der Waals surface area contributed by atoms with Crippen molar-refractivity contribution in [3.8, 4) is 0 Å². The molecule has 0 bridgehead atoms. The summed E-state index contributed by atoms with van der Waals surface area (Å²) >= 11 is 0. The van der Waals surface area contributed by atoms with Crippen LogP contribution in [-0.4, -0.2) is 75.6 Å². The minimum atomic E-state index is -4.28. The molecule has 0 aromatic carbocycles. The molecule has 0 aromatic rings. The van der Waals surface area contributed by atoms with E-state index in [0.29, 0.717) is 24.1 Å². The lowest BCUT2D eigenvalue weighted by molar-refractivity contribution is -0.870. The van der Waals surface area contributed by atoms with E-state index in [1.54, 1.807) is 0 Å². The Bertz CT molecular complexity index is 1150. The Hall–Kier alpha value is -1.28.